The summed E-state index contributed by atoms with van der Waals surface area (Å²) in [5.41, 5.74) is 2.20. The maximum absolute atomic E-state index is 11.8. The van der Waals surface area contributed by atoms with Gasteiger partial charge >= 0.3 is 0 Å². The number of methoxy groups -OCH3 is 1. The molecule has 9 heteroatoms. The van der Waals surface area contributed by atoms with E-state index in [0.29, 0.717) is 5.69 Å². The second-order valence-corrected chi connectivity index (χ2v) is 5.99. The van der Waals surface area contributed by atoms with Gasteiger partial charge in [0.2, 0.25) is 10.0 Å². The highest BCUT2D eigenvalue weighted by molar-refractivity contribution is 7.89. The number of hydrogen-bond acceptors (Lipinski definition) is 6. The molecule has 0 aliphatic rings. The summed E-state index contributed by atoms with van der Waals surface area (Å²) in [4.78, 5) is 15.5. The second kappa shape index (κ2) is 5.57. The minimum Gasteiger partial charge on any atom is -0.495 e. The van der Waals surface area contributed by atoms with Gasteiger partial charge in [0.1, 0.15) is 16.3 Å². The molecule has 1 aromatic heterocycles. The molecule has 106 valence electrons. The number of rotatable bonds is 4. The van der Waals surface area contributed by atoms with Crippen molar-refractivity contribution in [1.29, 1.82) is 0 Å². The van der Waals surface area contributed by atoms with Crippen molar-refractivity contribution in [2.45, 2.75) is 4.90 Å². The van der Waals surface area contributed by atoms with Crippen LogP contribution in [0.2, 0.25) is 0 Å². The van der Waals surface area contributed by atoms with Gasteiger partial charge in [0.15, 0.2) is 0 Å². The van der Waals surface area contributed by atoms with Crippen molar-refractivity contribution in [2.75, 3.05) is 12.4 Å². The van der Waals surface area contributed by atoms with E-state index in [1.165, 1.54) is 36.6 Å². The number of carbonyl (C=O) groups is 1. The molecule has 1 aromatic carbocycles. The molecule has 3 N–H and O–H groups in total. The van der Waals surface area contributed by atoms with E-state index in [4.69, 9.17) is 9.88 Å². The Kier molecular flexibility index (Phi) is 4.02. The predicted molar refractivity (Wildman–Crippen MR) is 74.4 cm³/mol. The van der Waals surface area contributed by atoms with E-state index < -0.39 is 15.9 Å². The SMILES string of the molecule is COc1cc(NC(=O)c2cscn2)ccc1S(N)(=O)=O. The number of ether oxygens (including phenoxy) is 1. The van der Waals surface area contributed by atoms with E-state index in [2.05, 4.69) is 10.3 Å². The molecule has 0 fully saturated rings. The monoisotopic (exact) mass is 313 g/mol. The second-order valence-electron chi connectivity index (χ2n) is 3.74. The molecule has 7 nitrogen and oxygen atoms in total. The van der Waals surface area contributed by atoms with E-state index in [9.17, 15) is 13.2 Å². The van der Waals surface area contributed by atoms with Crippen LogP contribution < -0.4 is 15.2 Å². The third-order valence-electron chi connectivity index (χ3n) is 2.39. The molecule has 20 heavy (non-hydrogen) atoms. The molecular weight excluding hydrogens is 302 g/mol. The average molecular weight is 313 g/mol. The fraction of sp³-hybridized carbons (Fsp3) is 0.0909. The van der Waals surface area contributed by atoms with Crippen LogP contribution in [0.1, 0.15) is 10.5 Å². The molecule has 0 saturated heterocycles. The minimum absolute atomic E-state index is 0.0589. The van der Waals surface area contributed by atoms with Crippen molar-refractivity contribution in [1.82, 2.24) is 4.98 Å². The fourth-order valence-corrected chi connectivity index (χ4v) is 2.71. The van der Waals surface area contributed by atoms with Gasteiger partial charge in [-0.1, -0.05) is 0 Å². The normalized spacial score (nSPS) is 11.1. The lowest BCUT2D eigenvalue weighted by Gasteiger charge is -2.09. The van der Waals surface area contributed by atoms with Gasteiger partial charge in [-0.25, -0.2) is 18.5 Å². The van der Waals surface area contributed by atoms with Crippen molar-refractivity contribution >= 4 is 33.0 Å². The summed E-state index contributed by atoms with van der Waals surface area (Å²) < 4.78 is 27.6. The van der Waals surface area contributed by atoms with Gasteiger partial charge in [-0.3, -0.25) is 4.79 Å². The van der Waals surface area contributed by atoms with Crippen LogP contribution in [0.15, 0.2) is 34.0 Å². The Morgan fingerprint density at radius 1 is 1.45 bits per heavy atom. The Labute approximate surface area is 119 Å². The van der Waals surface area contributed by atoms with Gasteiger partial charge in [-0.15, -0.1) is 11.3 Å². The molecular formula is C11H11N3O4S2. The highest BCUT2D eigenvalue weighted by Gasteiger charge is 2.16. The predicted octanol–water partition coefficient (Wildman–Crippen LogP) is 1.05. The first-order valence-electron chi connectivity index (χ1n) is 5.32. The molecule has 0 aliphatic heterocycles. The number of aromatic nitrogens is 1. The van der Waals surface area contributed by atoms with Crippen LogP contribution in [0, 0.1) is 0 Å². The molecule has 0 spiro atoms. The van der Waals surface area contributed by atoms with Crippen LogP contribution in [0.3, 0.4) is 0 Å². The number of hydrogen-bond donors (Lipinski definition) is 2. The van der Waals surface area contributed by atoms with Crippen molar-refractivity contribution in [3.05, 3.63) is 34.8 Å². The van der Waals surface area contributed by atoms with Crippen LogP contribution >= 0.6 is 11.3 Å². The summed E-state index contributed by atoms with van der Waals surface area (Å²) in [6.45, 7) is 0. The zero-order valence-corrected chi connectivity index (χ0v) is 12.0. The van der Waals surface area contributed by atoms with Gasteiger partial charge < -0.3 is 10.1 Å². The number of thiazole rings is 1. The lowest BCUT2D eigenvalue weighted by Crippen LogP contribution is -2.15. The van der Waals surface area contributed by atoms with Gasteiger partial charge in [0.05, 0.1) is 12.6 Å². The Bertz CT molecular complexity index is 726. The molecule has 0 saturated carbocycles. The van der Waals surface area contributed by atoms with Crippen molar-refractivity contribution in [3.63, 3.8) is 0 Å². The number of amides is 1. The smallest absolute Gasteiger partial charge is 0.275 e. The molecule has 0 aliphatic carbocycles. The summed E-state index contributed by atoms with van der Waals surface area (Å²) in [7, 11) is -2.57. The van der Waals surface area contributed by atoms with Gasteiger partial charge in [-0.05, 0) is 12.1 Å². The lowest BCUT2D eigenvalue weighted by atomic mass is 10.3. The third kappa shape index (κ3) is 3.13. The Morgan fingerprint density at radius 3 is 2.75 bits per heavy atom. The molecule has 0 atom stereocenters. The molecule has 1 heterocycles. The van der Waals surface area contributed by atoms with Crippen LogP contribution in [0.4, 0.5) is 5.69 Å². The summed E-state index contributed by atoms with van der Waals surface area (Å²) in [5.74, 6) is -0.333. The standard InChI is InChI=1S/C11H11N3O4S2/c1-18-9-4-7(2-3-10(9)20(12,16)17)14-11(15)8-5-19-6-13-8/h2-6H,1H3,(H,14,15)(H2,12,16,17). The number of nitrogens with two attached hydrogens (primary N) is 1. The van der Waals surface area contributed by atoms with E-state index in [0.717, 1.165) is 0 Å². The number of nitrogens with zero attached hydrogens (tertiary/aromatic N) is 1. The summed E-state index contributed by atoms with van der Waals surface area (Å²) in [6, 6.07) is 4.07. The first-order chi connectivity index (χ1) is 9.41. The summed E-state index contributed by atoms with van der Waals surface area (Å²) >= 11 is 1.30. The topological polar surface area (TPSA) is 111 Å². The number of anilines is 1. The zero-order valence-electron chi connectivity index (χ0n) is 10.4. The van der Waals surface area contributed by atoms with E-state index >= 15 is 0 Å². The average Bonchev–Trinajstić information content (AvgIpc) is 2.91. The Morgan fingerprint density at radius 2 is 2.20 bits per heavy atom. The van der Waals surface area contributed by atoms with Crippen LogP contribution in [-0.4, -0.2) is 26.4 Å². The lowest BCUT2D eigenvalue weighted by molar-refractivity contribution is 0.102. The van der Waals surface area contributed by atoms with E-state index in [-0.39, 0.29) is 16.3 Å². The van der Waals surface area contributed by atoms with Crippen LogP contribution in [-0.2, 0) is 10.0 Å². The van der Waals surface area contributed by atoms with Gasteiger partial charge in [-0.2, -0.15) is 0 Å². The van der Waals surface area contributed by atoms with E-state index in [1.54, 1.807) is 10.9 Å². The summed E-state index contributed by atoms with van der Waals surface area (Å²) in [6.07, 6.45) is 0. The number of nitrogens with one attached hydrogen (secondary N) is 1. The quantitative estimate of drug-likeness (QED) is 0.876. The highest BCUT2D eigenvalue weighted by atomic mass is 32.2. The van der Waals surface area contributed by atoms with Crippen molar-refractivity contribution in [3.8, 4) is 5.75 Å². The molecule has 0 radical (unpaired) electrons. The van der Waals surface area contributed by atoms with E-state index in [1.807, 2.05) is 0 Å². The zero-order chi connectivity index (χ0) is 14.8. The number of carbonyl (C=O) groups excluding carboxylic acids is 1. The highest BCUT2D eigenvalue weighted by Crippen LogP contribution is 2.26. The molecule has 0 unspecified atom stereocenters. The summed E-state index contributed by atoms with van der Waals surface area (Å²) in [5, 5.41) is 9.25. The third-order valence-corrected chi connectivity index (χ3v) is 3.93. The largest absolute Gasteiger partial charge is 0.495 e. The Balaban J connectivity index is 2.29. The fourth-order valence-electron chi connectivity index (χ4n) is 1.50. The van der Waals surface area contributed by atoms with Crippen LogP contribution in [0.5, 0.6) is 5.75 Å². The van der Waals surface area contributed by atoms with Crippen molar-refractivity contribution < 1.29 is 17.9 Å². The molecule has 0 bridgehead atoms. The maximum atomic E-state index is 11.8. The first kappa shape index (κ1) is 14.4. The molecule has 1 amide bonds. The van der Waals surface area contributed by atoms with Crippen molar-refractivity contribution in [2.24, 2.45) is 5.14 Å². The van der Waals surface area contributed by atoms with Gasteiger partial charge in [0.25, 0.3) is 5.91 Å². The number of benzene rings is 1. The maximum Gasteiger partial charge on any atom is 0.275 e. The minimum atomic E-state index is -3.88. The first-order valence-corrected chi connectivity index (χ1v) is 7.81. The molecule has 2 aromatic rings. The van der Waals surface area contributed by atoms with Crippen LogP contribution in [0.25, 0.3) is 0 Å². The van der Waals surface area contributed by atoms with Gasteiger partial charge in [0, 0.05) is 17.1 Å². The number of sulfonamides is 1. The number of primary sulfonamides is 1. The molecule has 2 rings (SSSR count). The Hall–Kier alpha value is -1.97.